The summed E-state index contributed by atoms with van der Waals surface area (Å²) in [5.41, 5.74) is 6.94. The molecule has 2 aromatic rings. The lowest BCUT2D eigenvalue weighted by Gasteiger charge is -2.27. The van der Waals surface area contributed by atoms with Crippen LogP contribution in [0.2, 0.25) is 19.6 Å². The van der Waals surface area contributed by atoms with Crippen LogP contribution in [0.4, 0.5) is 4.79 Å². The van der Waals surface area contributed by atoms with Crippen molar-refractivity contribution in [3.8, 4) is 22.7 Å². The maximum Gasteiger partial charge on any atom is 0.411 e. The molecule has 0 bridgehead atoms. The summed E-state index contributed by atoms with van der Waals surface area (Å²) in [6.45, 7) is 14.9. The van der Waals surface area contributed by atoms with E-state index in [0.29, 0.717) is 6.54 Å². The Bertz CT molecular complexity index is 1010. The van der Waals surface area contributed by atoms with Gasteiger partial charge in [0.1, 0.15) is 25.5 Å². The fraction of sp³-hybridized carbons (Fsp3) is 0.417. The third kappa shape index (κ3) is 5.64. The van der Waals surface area contributed by atoms with Crippen LogP contribution >= 0.6 is 0 Å². The Hall–Kier alpha value is -2.78. The average Bonchev–Trinajstić information content (AvgIpc) is 3.25. The van der Waals surface area contributed by atoms with Crippen LogP contribution in [-0.4, -0.2) is 41.2 Å². The molecule has 0 fully saturated rings. The van der Waals surface area contributed by atoms with Crippen molar-refractivity contribution in [3.05, 3.63) is 53.5 Å². The highest BCUT2D eigenvalue weighted by Crippen LogP contribution is 2.31. The highest BCUT2D eigenvalue weighted by molar-refractivity contribution is 6.83. The molecule has 2 heterocycles. The lowest BCUT2D eigenvalue weighted by molar-refractivity contribution is 0.0232. The van der Waals surface area contributed by atoms with Crippen LogP contribution in [0.3, 0.4) is 0 Å². The Labute approximate surface area is 180 Å². The van der Waals surface area contributed by atoms with E-state index in [2.05, 4.69) is 47.1 Å². The number of ether oxygens (including phenoxy) is 1. The third-order valence-electron chi connectivity index (χ3n) is 4.48. The first-order chi connectivity index (χ1) is 13.9. The van der Waals surface area contributed by atoms with Gasteiger partial charge in [0.15, 0.2) is 0 Å². The van der Waals surface area contributed by atoms with Gasteiger partial charge in [0.05, 0.1) is 11.9 Å². The summed E-state index contributed by atoms with van der Waals surface area (Å²) >= 11 is 0. The van der Waals surface area contributed by atoms with Crippen molar-refractivity contribution < 1.29 is 9.53 Å². The van der Waals surface area contributed by atoms with Crippen LogP contribution in [0, 0.1) is 11.5 Å². The second-order valence-electron chi connectivity index (χ2n) is 9.83. The second kappa shape index (κ2) is 8.15. The largest absolute Gasteiger partial charge is 0.444 e. The second-order valence-corrected chi connectivity index (χ2v) is 14.6. The maximum atomic E-state index is 12.7. The number of rotatable bonds is 2. The number of benzene rings is 1. The van der Waals surface area contributed by atoms with Gasteiger partial charge >= 0.3 is 6.09 Å². The molecular weight excluding hydrogens is 390 g/mol. The van der Waals surface area contributed by atoms with Gasteiger partial charge in [-0.1, -0.05) is 49.3 Å². The molecule has 1 aromatic heterocycles. The zero-order valence-electron chi connectivity index (χ0n) is 19.0. The first kappa shape index (κ1) is 21.9. The van der Waals surface area contributed by atoms with E-state index in [9.17, 15) is 4.79 Å². The predicted octanol–water partition coefficient (Wildman–Crippen LogP) is 5.54. The van der Waals surface area contributed by atoms with Crippen molar-refractivity contribution in [1.82, 2.24) is 14.9 Å². The lowest BCUT2D eigenvalue weighted by Crippen LogP contribution is -2.37. The molecule has 1 aliphatic rings. The van der Waals surface area contributed by atoms with Crippen molar-refractivity contribution in [2.45, 2.75) is 59.0 Å². The van der Waals surface area contributed by atoms with Gasteiger partial charge in [0.2, 0.25) is 0 Å². The Kier molecular flexibility index (Phi) is 5.96. The summed E-state index contributed by atoms with van der Waals surface area (Å²) in [7, 11) is -1.39. The summed E-state index contributed by atoms with van der Waals surface area (Å²) in [4.78, 5) is 22.3. The van der Waals surface area contributed by atoms with E-state index < -0.39 is 13.7 Å². The molecular formula is C24H31N3O2Si. The minimum Gasteiger partial charge on any atom is -0.444 e. The highest BCUT2D eigenvalue weighted by atomic mass is 28.3. The molecule has 0 saturated carbocycles. The predicted molar refractivity (Wildman–Crippen MR) is 124 cm³/mol. The van der Waals surface area contributed by atoms with Crippen LogP contribution in [0.15, 0.2) is 42.1 Å². The zero-order valence-corrected chi connectivity index (χ0v) is 20.0. The molecule has 1 unspecified atom stereocenters. The molecule has 5 nitrogen and oxygen atoms in total. The van der Waals surface area contributed by atoms with Crippen LogP contribution in [-0.2, 0) is 4.74 Å². The van der Waals surface area contributed by atoms with Gasteiger partial charge < -0.3 is 9.72 Å². The fourth-order valence-corrected chi connectivity index (χ4v) is 3.65. The number of aromatic amines is 1. The Balaban J connectivity index is 1.79. The van der Waals surface area contributed by atoms with E-state index in [0.717, 1.165) is 28.2 Å². The molecule has 3 rings (SSSR count). The van der Waals surface area contributed by atoms with Crippen LogP contribution in [0.5, 0.6) is 0 Å². The van der Waals surface area contributed by atoms with Crippen molar-refractivity contribution >= 4 is 14.2 Å². The van der Waals surface area contributed by atoms with Gasteiger partial charge in [0.25, 0.3) is 0 Å². The number of H-pyrrole nitrogens is 1. The van der Waals surface area contributed by atoms with Crippen molar-refractivity contribution in [2.75, 3.05) is 6.54 Å². The van der Waals surface area contributed by atoms with E-state index in [-0.39, 0.29) is 12.1 Å². The highest BCUT2D eigenvalue weighted by Gasteiger charge is 2.33. The topological polar surface area (TPSA) is 58.2 Å². The number of carbonyl (C=O) groups is 1. The molecule has 0 spiro atoms. The minimum atomic E-state index is -1.39. The first-order valence-electron chi connectivity index (χ1n) is 10.3. The average molecular weight is 422 g/mol. The number of nitrogens with one attached hydrogen (secondary N) is 1. The lowest BCUT2D eigenvalue weighted by atomic mass is 10.1. The smallest absolute Gasteiger partial charge is 0.411 e. The van der Waals surface area contributed by atoms with Crippen LogP contribution in [0.25, 0.3) is 11.3 Å². The monoisotopic (exact) mass is 421 g/mol. The fourth-order valence-electron chi connectivity index (χ4n) is 3.13. The number of amides is 1. The molecule has 0 aliphatic carbocycles. The molecule has 6 heteroatoms. The van der Waals surface area contributed by atoms with Crippen molar-refractivity contribution in [1.29, 1.82) is 0 Å². The summed E-state index contributed by atoms with van der Waals surface area (Å²) in [6.07, 6.45) is 3.54. The van der Waals surface area contributed by atoms with Crippen molar-refractivity contribution in [3.63, 3.8) is 0 Å². The number of hydrogen-bond donors (Lipinski definition) is 1. The summed E-state index contributed by atoms with van der Waals surface area (Å²) in [5.74, 6) is 4.01. The van der Waals surface area contributed by atoms with E-state index >= 15 is 0 Å². The van der Waals surface area contributed by atoms with Crippen molar-refractivity contribution in [2.24, 2.45) is 0 Å². The number of nitrogens with zero attached hydrogens (tertiary/aromatic N) is 2. The number of hydrogen-bond acceptors (Lipinski definition) is 3. The Morgan fingerprint density at radius 1 is 1.23 bits per heavy atom. The normalized spacial score (nSPS) is 16.7. The van der Waals surface area contributed by atoms with Gasteiger partial charge in [-0.2, -0.15) is 0 Å². The van der Waals surface area contributed by atoms with Crippen LogP contribution in [0.1, 0.15) is 45.1 Å². The third-order valence-corrected chi connectivity index (χ3v) is 5.35. The number of carbonyl (C=O) groups excluding carboxylic acids is 1. The Morgan fingerprint density at radius 3 is 2.50 bits per heavy atom. The first-order valence-corrected chi connectivity index (χ1v) is 13.8. The van der Waals surface area contributed by atoms with Gasteiger partial charge in [-0.3, -0.25) is 4.90 Å². The molecule has 158 valence electrons. The van der Waals surface area contributed by atoms with E-state index in [1.165, 1.54) is 0 Å². The van der Waals surface area contributed by atoms with Gasteiger partial charge in [0, 0.05) is 12.1 Å². The maximum absolute atomic E-state index is 12.7. The molecule has 1 N–H and O–H groups in total. The van der Waals surface area contributed by atoms with Crippen LogP contribution < -0.4 is 0 Å². The van der Waals surface area contributed by atoms with Gasteiger partial charge in [-0.15, -0.1) is 5.54 Å². The Morgan fingerprint density at radius 2 is 1.90 bits per heavy atom. The summed E-state index contributed by atoms with van der Waals surface area (Å²) in [5, 5.41) is 0. The summed E-state index contributed by atoms with van der Waals surface area (Å²) < 4.78 is 5.58. The molecule has 1 aromatic carbocycles. The molecule has 1 atom stereocenters. The zero-order chi connectivity index (χ0) is 22.1. The van der Waals surface area contributed by atoms with Gasteiger partial charge in [-0.25, -0.2) is 9.78 Å². The molecule has 1 amide bonds. The number of aromatic nitrogens is 2. The standard InChI is InChI=1S/C24H31N3O2Si/c1-17-14-21(27(16-17)23(28)29-24(2,3)4)22-25-15-20(26-22)19-10-8-18(9-11-19)12-13-30(5,6)7/h8-11,14-15,21H,16H2,1-7H3,(H,25,26). The minimum absolute atomic E-state index is 0.254. The number of imidazole rings is 1. The summed E-state index contributed by atoms with van der Waals surface area (Å²) in [6, 6.07) is 7.92. The molecule has 0 saturated heterocycles. The molecule has 0 radical (unpaired) electrons. The molecule has 30 heavy (non-hydrogen) atoms. The van der Waals surface area contributed by atoms with E-state index in [1.807, 2.05) is 58.2 Å². The quantitative estimate of drug-likeness (QED) is 0.393. The SMILES string of the molecule is CC1=CC(c2ncc(-c3ccc(C#C[Si](C)(C)C)cc3)[nH]2)N(C(=O)OC(C)(C)C)C1. The van der Waals surface area contributed by atoms with E-state index in [1.54, 1.807) is 4.90 Å². The van der Waals surface area contributed by atoms with Gasteiger partial charge in [-0.05, 0) is 45.4 Å². The van der Waals surface area contributed by atoms with E-state index in [4.69, 9.17) is 4.74 Å². The molecule has 1 aliphatic heterocycles.